The van der Waals surface area contributed by atoms with E-state index in [4.69, 9.17) is 0 Å². The largest absolute Gasteiger partial charge is 0.321 e. The number of aromatic nitrogens is 1. The first kappa shape index (κ1) is 13.1. The van der Waals surface area contributed by atoms with E-state index in [-0.39, 0.29) is 5.91 Å². The molecule has 3 rings (SSSR count). The lowest BCUT2D eigenvalue weighted by molar-refractivity contribution is 0.102. The van der Waals surface area contributed by atoms with E-state index in [1.54, 1.807) is 23.3 Å². The Morgan fingerprint density at radius 2 is 2.10 bits per heavy atom. The first-order chi connectivity index (χ1) is 9.78. The average Bonchev–Trinajstić information content (AvgIpc) is 2.95. The third-order valence-electron chi connectivity index (χ3n) is 2.95. The van der Waals surface area contributed by atoms with Gasteiger partial charge in [0.25, 0.3) is 5.91 Å². The Morgan fingerprint density at radius 3 is 2.95 bits per heavy atom. The highest BCUT2D eigenvalue weighted by molar-refractivity contribution is 7.98. The molecule has 3 nitrogen and oxygen atoms in total. The molecule has 3 aromatic rings. The van der Waals surface area contributed by atoms with E-state index in [0.29, 0.717) is 5.56 Å². The second-order valence-corrected chi connectivity index (χ2v) is 5.92. The number of nitrogens with one attached hydrogen (secondary N) is 1. The van der Waals surface area contributed by atoms with Crippen LogP contribution >= 0.6 is 23.1 Å². The minimum atomic E-state index is -0.0956. The Hall–Kier alpha value is -1.85. The van der Waals surface area contributed by atoms with Gasteiger partial charge in [0, 0.05) is 10.5 Å². The summed E-state index contributed by atoms with van der Waals surface area (Å²) in [5, 5.41) is 2.96. The van der Waals surface area contributed by atoms with Gasteiger partial charge in [-0.15, -0.1) is 23.1 Å². The molecule has 20 heavy (non-hydrogen) atoms. The Balaban J connectivity index is 1.88. The van der Waals surface area contributed by atoms with E-state index in [1.165, 1.54) is 11.3 Å². The molecule has 0 aliphatic rings. The molecule has 1 aromatic heterocycles. The number of amides is 1. The smallest absolute Gasteiger partial charge is 0.255 e. The minimum Gasteiger partial charge on any atom is -0.321 e. The number of hydrogen-bond donors (Lipinski definition) is 1. The van der Waals surface area contributed by atoms with Crippen molar-refractivity contribution < 1.29 is 4.79 Å². The Bertz CT molecular complexity index is 767. The standard InChI is InChI=1S/C15H12N2OS2/c1-19-13-5-3-2-4-12(13)17-15(18)10-6-7-11-14(8-10)20-9-16-11/h2-9H,1H3,(H,17,18). The molecule has 0 aliphatic carbocycles. The van der Waals surface area contributed by atoms with Crippen LogP contribution in [0.4, 0.5) is 5.69 Å². The lowest BCUT2D eigenvalue weighted by Crippen LogP contribution is -2.12. The van der Waals surface area contributed by atoms with Crippen molar-refractivity contribution in [3.8, 4) is 0 Å². The van der Waals surface area contributed by atoms with Gasteiger partial charge in [-0.3, -0.25) is 4.79 Å². The molecule has 0 saturated heterocycles. The van der Waals surface area contributed by atoms with Crippen LogP contribution in [0, 0.1) is 0 Å². The summed E-state index contributed by atoms with van der Waals surface area (Å²) in [5.41, 5.74) is 4.21. The zero-order chi connectivity index (χ0) is 13.9. The molecule has 5 heteroatoms. The van der Waals surface area contributed by atoms with E-state index >= 15 is 0 Å². The second kappa shape index (κ2) is 5.64. The molecule has 2 aromatic carbocycles. The van der Waals surface area contributed by atoms with Crippen molar-refractivity contribution in [3.63, 3.8) is 0 Å². The third kappa shape index (κ3) is 2.55. The zero-order valence-corrected chi connectivity index (χ0v) is 12.4. The summed E-state index contributed by atoms with van der Waals surface area (Å²) >= 11 is 3.15. The molecule has 0 saturated carbocycles. The minimum absolute atomic E-state index is 0.0956. The van der Waals surface area contributed by atoms with Gasteiger partial charge in [-0.2, -0.15) is 0 Å². The van der Waals surface area contributed by atoms with Crippen LogP contribution in [0.25, 0.3) is 10.2 Å². The number of thiazole rings is 1. The van der Waals surface area contributed by atoms with Crippen LogP contribution < -0.4 is 5.32 Å². The Kier molecular flexibility index (Phi) is 3.71. The van der Waals surface area contributed by atoms with E-state index in [0.717, 1.165) is 20.8 Å². The van der Waals surface area contributed by atoms with Crippen LogP contribution in [0.1, 0.15) is 10.4 Å². The predicted octanol–water partition coefficient (Wildman–Crippen LogP) is 4.27. The number of hydrogen-bond acceptors (Lipinski definition) is 4. The predicted molar refractivity (Wildman–Crippen MR) is 85.8 cm³/mol. The highest BCUT2D eigenvalue weighted by atomic mass is 32.2. The second-order valence-electron chi connectivity index (χ2n) is 4.19. The van der Waals surface area contributed by atoms with Crippen molar-refractivity contribution in [2.75, 3.05) is 11.6 Å². The van der Waals surface area contributed by atoms with Crippen LogP contribution in [0.3, 0.4) is 0 Å². The van der Waals surface area contributed by atoms with Crippen LogP contribution in [-0.4, -0.2) is 17.1 Å². The first-order valence-corrected chi connectivity index (χ1v) is 8.16. The number of carbonyl (C=O) groups excluding carboxylic acids is 1. The van der Waals surface area contributed by atoms with Gasteiger partial charge in [0.2, 0.25) is 0 Å². The molecular formula is C15H12N2OS2. The molecule has 1 heterocycles. The maximum Gasteiger partial charge on any atom is 0.255 e. The van der Waals surface area contributed by atoms with Gasteiger partial charge in [0.05, 0.1) is 21.4 Å². The van der Waals surface area contributed by atoms with Gasteiger partial charge in [-0.25, -0.2) is 4.98 Å². The average molecular weight is 300 g/mol. The van der Waals surface area contributed by atoms with Crippen molar-refractivity contribution >= 4 is 44.9 Å². The summed E-state index contributed by atoms with van der Waals surface area (Å²) < 4.78 is 1.02. The number of carbonyl (C=O) groups is 1. The first-order valence-electron chi connectivity index (χ1n) is 6.05. The molecule has 1 N–H and O–H groups in total. The number of anilines is 1. The molecular weight excluding hydrogens is 288 g/mol. The van der Waals surface area contributed by atoms with Crippen LogP contribution in [0.5, 0.6) is 0 Å². The lowest BCUT2D eigenvalue weighted by atomic mass is 10.2. The van der Waals surface area contributed by atoms with E-state index in [1.807, 2.05) is 42.7 Å². The molecule has 0 atom stereocenters. The fraction of sp³-hybridized carbons (Fsp3) is 0.0667. The maximum absolute atomic E-state index is 12.3. The van der Waals surface area contributed by atoms with Gasteiger partial charge < -0.3 is 5.32 Å². The zero-order valence-electron chi connectivity index (χ0n) is 10.8. The van der Waals surface area contributed by atoms with Crippen LogP contribution in [-0.2, 0) is 0 Å². The Morgan fingerprint density at radius 1 is 1.25 bits per heavy atom. The van der Waals surface area contributed by atoms with Crippen molar-refractivity contribution in [2.24, 2.45) is 0 Å². The van der Waals surface area contributed by atoms with E-state index < -0.39 is 0 Å². The Labute approximate surface area is 125 Å². The molecule has 0 bridgehead atoms. The van der Waals surface area contributed by atoms with E-state index in [2.05, 4.69) is 10.3 Å². The molecule has 0 aliphatic heterocycles. The van der Waals surface area contributed by atoms with Crippen LogP contribution in [0.15, 0.2) is 52.9 Å². The van der Waals surface area contributed by atoms with Crippen LogP contribution in [0.2, 0.25) is 0 Å². The number of nitrogens with zero attached hydrogens (tertiary/aromatic N) is 1. The summed E-state index contributed by atoms with van der Waals surface area (Å²) in [5.74, 6) is -0.0956. The number of para-hydroxylation sites is 1. The molecule has 1 amide bonds. The van der Waals surface area contributed by atoms with Crippen molar-refractivity contribution in [1.29, 1.82) is 0 Å². The molecule has 0 spiro atoms. The molecule has 0 fully saturated rings. The lowest BCUT2D eigenvalue weighted by Gasteiger charge is -2.09. The molecule has 0 radical (unpaired) electrons. The highest BCUT2D eigenvalue weighted by Crippen LogP contribution is 2.25. The summed E-state index contributed by atoms with van der Waals surface area (Å²) in [6.07, 6.45) is 1.99. The summed E-state index contributed by atoms with van der Waals surface area (Å²) in [6.45, 7) is 0. The number of thioether (sulfide) groups is 1. The highest BCUT2D eigenvalue weighted by Gasteiger charge is 2.09. The third-order valence-corrected chi connectivity index (χ3v) is 4.54. The van der Waals surface area contributed by atoms with Crippen molar-refractivity contribution in [2.45, 2.75) is 4.90 Å². The van der Waals surface area contributed by atoms with E-state index in [9.17, 15) is 4.79 Å². The number of fused-ring (bicyclic) bond motifs is 1. The van der Waals surface area contributed by atoms with Gasteiger partial charge in [0.15, 0.2) is 0 Å². The quantitative estimate of drug-likeness (QED) is 0.734. The topological polar surface area (TPSA) is 42.0 Å². The van der Waals surface area contributed by atoms with Crippen molar-refractivity contribution in [3.05, 3.63) is 53.5 Å². The molecule has 0 unspecified atom stereocenters. The monoisotopic (exact) mass is 300 g/mol. The maximum atomic E-state index is 12.3. The summed E-state index contributed by atoms with van der Waals surface area (Å²) in [6, 6.07) is 13.3. The van der Waals surface area contributed by atoms with Gasteiger partial charge >= 0.3 is 0 Å². The summed E-state index contributed by atoms with van der Waals surface area (Å²) in [4.78, 5) is 17.6. The van der Waals surface area contributed by atoms with Gasteiger partial charge in [-0.05, 0) is 36.6 Å². The number of benzene rings is 2. The van der Waals surface area contributed by atoms with Gasteiger partial charge in [0.1, 0.15) is 0 Å². The SMILES string of the molecule is CSc1ccccc1NC(=O)c1ccc2ncsc2c1. The van der Waals surface area contributed by atoms with Crippen molar-refractivity contribution in [1.82, 2.24) is 4.98 Å². The fourth-order valence-electron chi connectivity index (χ4n) is 1.94. The normalized spacial score (nSPS) is 10.7. The fourth-order valence-corrected chi connectivity index (χ4v) is 3.21. The van der Waals surface area contributed by atoms with Gasteiger partial charge in [-0.1, -0.05) is 12.1 Å². The molecule has 100 valence electrons. The number of rotatable bonds is 3. The summed E-state index contributed by atoms with van der Waals surface area (Å²) in [7, 11) is 0.